The number of carbonyl (C=O) groups is 1. The number of ether oxygens (including phenoxy) is 1. The van der Waals surface area contributed by atoms with Crippen LogP contribution in [0.5, 0.6) is 0 Å². The van der Waals surface area contributed by atoms with Crippen molar-refractivity contribution in [1.29, 1.82) is 0 Å². The minimum Gasteiger partial charge on any atom is -0.461 e. The van der Waals surface area contributed by atoms with E-state index in [1.54, 1.807) is 0 Å². The van der Waals surface area contributed by atoms with Crippen LogP contribution in [0.15, 0.2) is 30.3 Å². The number of nitrogens with zero attached hydrogens (tertiary/aromatic N) is 1. The quantitative estimate of drug-likeness (QED) is 0.378. The molecule has 0 spiro atoms. The number of rotatable bonds is 12. The number of piperidine rings is 1. The average molecular weight is 346 g/mol. The second kappa shape index (κ2) is 12.9. The SMILES string of the molecule is O=C(CCCCCCCCCN1CCCCC1)OCc1ccccc1. The maximum Gasteiger partial charge on any atom is 0.306 e. The molecule has 1 aromatic carbocycles. The van der Waals surface area contributed by atoms with E-state index in [1.807, 2.05) is 30.3 Å². The molecule has 1 heterocycles. The summed E-state index contributed by atoms with van der Waals surface area (Å²) in [5, 5.41) is 0. The number of carbonyl (C=O) groups excluding carboxylic acids is 1. The smallest absolute Gasteiger partial charge is 0.306 e. The fraction of sp³-hybridized carbons (Fsp3) is 0.682. The molecule has 1 fully saturated rings. The van der Waals surface area contributed by atoms with Crippen molar-refractivity contribution >= 4 is 5.97 Å². The van der Waals surface area contributed by atoms with E-state index in [0.29, 0.717) is 13.0 Å². The van der Waals surface area contributed by atoms with Crippen molar-refractivity contribution < 1.29 is 9.53 Å². The molecule has 0 aliphatic carbocycles. The van der Waals surface area contributed by atoms with Gasteiger partial charge in [-0.1, -0.05) is 68.9 Å². The topological polar surface area (TPSA) is 29.5 Å². The molecule has 0 aromatic heterocycles. The zero-order chi connectivity index (χ0) is 17.6. The third-order valence-corrected chi connectivity index (χ3v) is 5.05. The maximum atomic E-state index is 11.7. The van der Waals surface area contributed by atoms with Gasteiger partial charge in [-0.25, -0.2) is 0 Å². The second-order valence-corrected chi connectivity index (χ2v) is 7.27. The first-order valence-electron chi connectivity index (χ1n) is 10.3. The molecule has 1 aliphatic rings. The minimum atomic E-state index is -0.0645. The van der Waals surface area contributed by atoms with Gasteiger partial charge in [-0.2, -0.15) is 0 Å². The highest BCUT2D eigenvalue weighted by atomic mass is 16.5. The Morgan fingerprint density at radius 3 is 2.20 bits per heavy atom. The Hall–Kier alpha value is -1.35. The molecule has 140 valence electrons. The van der Waals surface area contributed by atoms with Crippen molar-refractivity contribution in [3.8, 4) is 0 Å². The van der Waals surface area contributed by atoms with Crippen molar-refractivity contribution in [2.24, 2.45) is 0 Å². The summed E-state index contributed by atoms with van der Waals surface area (Å²) >= 11 is 0. The van der Waals surface area contributed by atoms with Crippen LogP contribution in [0, 0.1) is 0 Å². The first-order chi connectivity index (χ1) is 12.3. The molecule has 0 atom stereocenters. The number of unbranched alkanes of at least 4 members (excludes halogenated alkanes) is 6. The largest absolute Gasteiger partial charge is 0.461 e. The van der Waals surface area contributed by atoms with E-state index in [9.17, 15) is 4.79 Å². The maximum absolute atomic E-state index is 11.7. The van der Waals surface area contributed by atoms with Crippen molar-refractivity contribution in [2.75, 3.05) is 19.6 Å². The molecule has 0 bridgehead atoms. The van der Waals surface area contributed by atoms with Gasteiger partial charge in [0.05, 0.1) is 0 Å². The molecular weight excluding hydrogens is 310 g/mol. The summed E-state index contributed by atoms with van der Waals surface area (Å²) in [4.78, 5) is 14.3. The Bertz CT molecular complexity index is 454. The molecule has 1 aromatic rings. The van der Waals surface area contributed by atoms with Crippen molar-refractivity contribution in [2.45, 2.75) is 77.2 Å². The predicted molar refractivity (Wildman–Crippen MR) is 103 cm³/mol. The molecule has 3 heteroatoms. The van der Waals surface area contributed by atoms with E-state index < -0.39 is 0 Å². The summed E-state index contributed by atoms with van der Waals surface area (Å²) in [5.41, 5.74) is 1.06. The van der Waals surface area contributed by atoms with Crippen molar-refractivity contribution in [3.05, 3.63) is 35.9 Å². The van der Waals surface area contributed by atoms with Crippen LogP contribution in [0.4, 0.5) is 0 Å². The molecule has 0 N–H and O–H groups in total. The van der Waals surface area contributed by atoms with Crippen LogP contribution < -0.4 is 0 Å². The lowest BCUT2D eigenvalue weighted by Gasteiger charge is -2.26. The zero-order valence-corrected chi connectivity index (χ0v) is 15.8. The lowest BCUT2D eigenvalue weighted by atomic mass is 10.1. The Kier molecular flexibility index (Phi) is 10.3. The molecule has 2 rings (SSSR count). The van der Waals surface area contributed by atoms with Gasteiger partial charge in [0, 0.05) is 6.42 Å². The van der Waals surface area contributed by atoms with Crippen LogP contribution in [0.25, 0.3) is 0 Å². The molecule has 1 saturated heterocycles. The third-order valence-electron chi connectivity index (χ3n) is 5.05. The van der Waals surface area contributed by atoms with Crippen LogP contribution >= 0.6 is 0 Å². The Labute approximate surface area is 153 Å². The van der Waals surface area contributed by atoms with Crippen molar-refractivity contribution in [3.63, 3.8) is 0 Å². The first-order valence-corrected chi connectivity index (χ1v) is 10.3. The molecule has 0 amide bonds. The number of benzene rings is 1. The molecule has 0 radical (unpaired) electrons. The van der Waals surface area contributed by atoms with Gasteiger partial charge in [-0.15, -0.1) is 0 Å². The highest BCUT2D eigenvalue weighted by molar-refractivity contribution is 5.69. The molecule has 0 saturated carbocycles. The zero-order valence-electron chi connectivity index (χ0n) is 15.8. The van der Waals surface area contributed by atoms with Crippen molar-refractivity contribution in [1.82, 2.24) is 4.90 Å². The number of likely N-dealkylation sites (tertiary alicyclic amines) is 1. The lowest BCUT2D eigenvalue weighted by Crippen LogP contribution is -2.30. The van der Waals surface area contributed by atoms with Gasteiger partial charge in [0.25, 0.3) is 0 Å². The third kappa shape index (κ3) is 9.64. The molecule has 1 aliphatic heterocycles. The van der Waals surface area contributed by atoms with Gasteiger partial charge in [0.1, 0.15) is 6.61 Å². The minimum absolute atomic E-state index is 0.0645. The van der Waals surface area contributed by atoms with Crippen LogP contribution in [-0.2, 0) is 16.1 Å². The van der Waals surface area contributed by atoms with Gasteiger partial charge >= 0.3 is 5.97 Å². The lowest BCUT2D eigenvalue weighted by molar-refractivity contribution is -0.145. The summed E-state index contributed by atoms with van der Waals surface area (Å²) in [6, 6.07) is 9.88. The molecule has 3 nitrogen and oxygen atoms in total. The Balaban J connectivity index is 1.35. The fourth-order valence-electron chi connectivity index (χ4n) is 3.48. The highest BCUT2D eigenvalue weighted by Gasteiger charge is 2.08. The highest BCUT2D eigenvalue weighted by Crippen LogP contribution is 2.12. The van der Waals surface area contributed by atoms with Gasteiger partial charge in [-0.05, 0) is 50.9 Å². The first kappa shape index (κ1) is 20.0. The van der Waals surface area contributed by atoms with Crippen LogP contribution in [0.2, 0.25) is 0 Å². The van der Waals surface area contributed by atoms with Gasteiger partial charge in [-0.3, -0.25) is 4.79 Å². The summed E-state index contributed by atoms with van der Waals surface area (Å²) < 4.78 is 5.30. The van der Waals surface area contributed by atoms with E-state index >= 15 is 0 Å². The van der Waals surface area contributed by atoms with E-state index in [0.717, 1.165) is 18.4 Å². The summed E-state index contributed by atoms with van der Waals surface area (Å²) in [6.07, 6.45) is 13.5. The number of hydrogen-bond donors (Lipinski definition) is 0. The second-order valence-electron chi connectivity index (χ2n) is 7.27. The molecule has 0 unspecified atom stereocenters. The van der Waals surface area contributed by atoms with Crippen LogP contribution in [0.1, 0.15) is 76.2 Å². The number of esters is 1. The van der Waals surface area contributed by atoms with E-state index in [1.165, 1.54) is 71.0 Å². The van der Waals surface area contributed by atoms with Gasteiger partial charge in [0.2, 0.25) is 0 Å². The van der Waals surface area contributed by atoms with E-state index in [4.69, 9.17) is 4.74 Å². The van der Waals surface area contributed by atoms with E-state index in [2.05, 4.69) is 4.90 Å². The molecule has 25 heavy (non-hydrogen) atoms. The molecular formula is C22H35NO2. The van der Waals surface area contributed by atoms with Crippen LogP contribution in [0.3, 0.4) is 0 Å². The predicted octanol–water partition coefficient (Wildman–Crippen LogP) is 5.34. The monoisotopic (exact) mass is 345 g/mol. The Morgan fingerprint density at radius 2 is 1.48 bits per heavy atom. The van der Waals surface area contributed by atoms with Gasteiger partial charge < -0.3 is 9.64 Å². The summed E-state index contributed by atoms with van der Waals surface area (Å²) in [5.74, 6) is -0.0645. The Morgan fingerprint density at radius 1 is 0.840 bits per heavy atom. The van der Waals surface area contributed by atoms with Gasteiger partial charge in [0.15, 0.2) is 0 Å². The summed E-state index contributed by atoms with van der Waals surface area (Å²) in [7, 11) is 0. The average Bonchev–Trinajstić information content (AvgIpc) is 2.66. The van der Waals surface area contributed by atoms with Crippen LogP contribution in [-0.4, -0.2) is 30.5 Å². The normalized spacial score (nSPS) is 15.2. The van der Waals surface area contributed by atoms with E-state index in [-0.39, 0.29) is 5.97 Å². The fourth-order valence-corrected chi connectivity index (χ4v) is 3.48. The summed E-state index contributed by atoms with van der Waals surface area (Å²) in [6.45, 7) is 4.34. The number of hydrogen-bond acceptors (Lipinski definition) is 3. The standard InChI is InChI=1S/C22H35NO2/c24-22(25-20-21-14-8-6-9-15-21)16-10-4-2-1-3-5-11-17-23-18-12-7-13-19-23/h6,8-9,14-15H,1-5,7,10-13,16-20H2.